The average Bonchev–Trinajstić information content (AvgIpc) is 2.66. The summed E-state index contributed by atoms with van der Waals surface area (Å²) in [6, 6.07) is 5.98. The Labute approximate surface area is 120 Å². The van der Waals surface area contributed by atoms with Gasteiger partial charge in [-0.3, -0.25) is 9.69 Å². The fourth-order valence-electron chi connectivity index (χ4n) is 1.77. The molecule has 0 spiro atoms. The number of amides is 1. The quantitative estimate of drug-likeness (QED) is 0.684. The average molecular weight is 298 g/mol. The molecule has 0 saturated carbocycles. The standard InChI is InChI=1S/C13H12F2N2O2S/c1-2-17-11(18)10(16-13(17)20)7-8-3-5-9(6-4-8)19-12(14)15/h3-7,12H,2H2,1H3,(H,16,20)/b10-7-. The lowest BCUT2D eigenvalue weighted by atomic mass is 10.2. The molecule has 0 atom stereocenters. The van der Waals surface area contributed by atoms with Gasteiger partial charge in [0, 0.05) is 6.54 Å². The smallest absolute Gasteiger partial charge is 0.387 e. The van der Waals surface area contributed by atoms with Gasteiger partial charge in [0.1, 0.15) is 11.4 Å². The summed E-state index contributed by atoms with van der Waals surface area (Å²) in [4.78, 5) is 13.4. The van der Waals surface area contributed by atoms with Gasteiger partial charge in [0.05, 0.1) is 0 Å². The Morgan fingerprint density at radius 3 is 2.55 bits per heavy atom. The first-order chi connectivity index (χ1) is 9.51. The molecule has 1 N–H and O–H groups in total. The maximum atomic E-state index is 12.0. The van der Waals surface area contributed by atoms with Crippen LogP contribution in [0.2, 0.25) is 0 Å². The van der Waals surface area contributed by atoms with Crippen LogP contribution in [0.15, 0.2) is 30.0 Å². The van der Waals surface area contributed by atoms with Crippen LogP contribution in [0.1, 0.15) is 12.5 Å². The van der Waals surface area contributed by atoms with Crippen LogP contribution in [0, 0.1) is 0 Å². The minimum Gasteiger partial charge on any atom is -0.435 e. The summed E-state index contributed by atoms with van der Waals surface area (Å²) < 4.78 is 28.3. The second-order valence-electron chi connectivity index (χ2n) is 3.99. The number of halogens is 2. The highest BCUT2D eigenvalue weighted by atomic mass is 32.1. The zero-order valence-electron chi connectivity index (χ0n) is 10.6. The summed E-state index contributed by atoms with van der Waals surface area (Å²) in [5.74, 6) is -0.135. The molecular formula is C13H12F2N2O2S. The first kappa shape index (κ1) is 14.4. The molecule has 20 heavy (non-hydrogen) atoms. The van der Waals surface area contributed by atoms with Crippen molar-refractivity contribution in [1.29, 1.82) is 0 Å². The molecule has 0 aromatic heterocycles. The summed E-state index contributed by atoms with van der Waals surface area (Å²) in [6.07, 6.45) is 1.61. The molecule has 1 amide bonds. The molecular weight excluding hydrogens is 286 g/mol. The third-order valence-corrected chi connectivity index (χ3v) is 3.02. The van der Waals surface area contributed by atoms with Gasteiger partial charge in [0.25, 0.3) is 5.91 Å². The van der Waals surface area contributed by atoms with E-state index in [1.165, 1.54) is 17.0 Å². The van der Waals surface area contributed by atoms with Gasteiger partial charge >= 0.3 is 6.61 Å². The van der Waals surface area contributed by atoms with Crippen molar-refractivity contribution in [3.63, 3.8) is 0 Å². The van der Waals surface area contributed by atoms with Crippen LogP contribution in [-0.2, 0) is 4.79 Å². The highest BCUT2D eigenvalue weighted by molar-refractivity contribution is 7.80. The van der Waals surface area contributed by atoms with Gasteiger partial charge in [-0.2, -0.15) is 8.78 Å². The van der Waals surface area contributed by atoms with Crippen molar-refractivity contribution in [2.24, 2.45) is 0 Å². The number of likely N-dealkylation sites (N-methyl/N-ethyl adjacent to an activating group) is 1. The van der Waals surface area contributed by atoms with E-state index in [4.69, 9.17) is 12.2 Å². The Morgan fingerprint density at radius 1 is 1.40 bits per heavy atom. The minimum absolute atomic E-state index is 0.0681. The van der Waals surface area contributed by atoms with Gasteiger partial charge in [-0.15, -0.1) is 0 Å². The van der Waals surface area contributed by atoms with Crippen LogP contribution >= 0.6 is 12.2 Å². The summed E-state index contributed by atoms with van der Waals surface area (Å²) >= 11 is 5.03. The molecule has 1 aliphatic heterocycles. The predicted octanol–water partition coefficient (Wildman–Crippen LogP) is 2.37. The minimum atomic E-state index is -2.85. The van der Waals surface area contributed by atoms with Crippen molar-refractivity contribution in [1.82, 2.24) is 10.2 Å². The number of nitrogens with zero attached hydrogens (tertiary/aromatic N) is 1. The van der Waals surface area contributed by atoms with Gasteiger partial charge in [0.15, 0.2) is 5.11 Å². The highest BCUT2D eigenvalue weighted by Crippen LogP contribution is 2.18. The van der Waals surface area contributed by atoms with Crippen molar-refractivity contribution < 1.29 is 18.3 Å². The number of carbonyl (C=O) groups is 1. The number of benzene rings is 1. The lowest BCUT2D eigenvalue weighted by molar-refractivity contribution is -0.122. The Kier molecular flexibility index (Phi) is 4.29. The molecule has 1 fully saturated rings. The normalized spacial score (nSPS) is 17.0. The SMILES string of the molecule is CCN1C(=O)/C(=C/c2ccc(OC(F)F)cc2)NC1=S. The molecule has 4 nitrogen and oxygen atoms in total. The first-order valence-corrected chi connectivity index (χ1v) is 6.31. The molecule has 0 aliphatic carbocycles. The highest BCUT2D eigenvalue weighted by Gasteiger charge is 2.28. The molecule has 1 heterocycles. The molecule has 0 radical (unpaired) electrons. The number of thiocarbonyl (C=S) groups is 1. The van der Waals surface area contributed by atoms with Crippen LogP contribution in [-0.4, -0.2) is 29.1 Å². The van der Waals surface area contributed by atoms with Crippen LogP contribution in [0.25, 0.3) is 6.08 Å². The van der Waals surface area contributed by atoms with Crippen molar-refractivity contribution in [2.45, 2.75) is 13.5 Å². The molecule has 106 valence electrons. The van der Waals surface area contributed by atoms with Gasteiger partial charge in [-0.05, 0) is 42.9 Å². The first-order valence-electron chi connectivity index (χ1n) is 5.90. The molecule has 0 unspecified atom stereocenters. The lowest BCUT2D eigenvalue weighted by Crippen LogP contribution is -2.30. The van der Waals surface area contributed by atoms with Gasteiger partial charge in [0.2, 0.25) is 0 Å². The molecule has 1 aliphatic rings. The number of hydrogen-bond donors (Lipinski definition) is 1. The lowest BCUT2D eigenvalue weighted by Gasteiger charge is -2.08. The maximum Gasteiger partial charge on any atom is 0.387 e. The van der Waals surface area contributed by atoms with E-state index in [0.29, 0.717) is 22.9 Å². The Balaban J connectivity index is 2.15. The second-order valence-corrected chi connectivity index (χ2v) is 4.37. The fourth-order valence-corrected chi connectivity index (χ4v) is 2.09. The topological polar surface area (TPSA) is 41.6 Å². The summed E-state index contributed by atoms with van der Waals surface area (Å²) in [5, 5.41) is 3.18. The van der Waals surface area contributed by atoms with Crippen molar-refractivity contribution >= 4 is 29.3 Å². The monoisotopic (exact) mass is 298 g/mol. The van der Waals surface area contributed by atoms with E-state index in [1.54, 1.807) is 18.2 Å². The van der Waals surface area contributed by atoms with Crippen LogP contribution in [0.5, 0.6) is 5.75 Å². The van der Waals surface area contributed by atoms with Gasteiger partial charge in [-0.1, -0.05) is 12.1 Å². The number of rotatable bonds is 4. The number of nitrogens with one attached hydrogen (secondary N) is 1. The van der Waals surface area contributed by atoms with Gasteiger partial charge < -0.3 is 10.1 Å². The van der Waals surface area contributed by atoms with E-state index in [9.17, 15) is 13.6 Å². The maximum absolute atomic E-state index is 12.0. The molecule has 1 saturated heterocycles. The second kappa shape index (κ2) is 5.96. The van der Waals surface area contributed by atoms with E-state index < -0.39 is 6.61 Å². The van der Waals surface area contributed by atoms with E-state index in [2.05, 4.69) is 10.1 Å². The fraction of sp³-hybridized carbons (Fsp3) is 0.231. The summed E-state index contributed by atoms with van der Waals surface area (Å²) in [6.45, 7) is -0.540. The zero-order valence-corrected chi connectivity index (χ0v) is 11.4. The van der Waals surface area contributed by atoms with Crippen molar-refractivity contribution in [3.05, 3.63) is 35.5 Å². The number of hydrogen-bond acceptors (Lipinski definition) is 3. The predicted molar refractivity (Wildman–Crippen MR) is 74.2 cm³/mol. The van der Waals surface area contributed by atoms with E-state index in [0.717, 1.165) is 0 Å². The zero-order chi connectivity index (χ0) is 14.7. The van der Waals surface area contributed by atoms with Crippen LogP contribution in [0.3, 0.4) is 0 Å². The molecule has 2 rings (SSSR count). The summed E-state index contributed by atoms with van der Waals surface area (Å²) in [7, 11) is 0. The third kappa shape index (κ3) is 3.11. The largest absolute Gasteiger partial charge is 0.435 e. The number of carbonyl (C=O) groups excluding carboxylic acids is 1. The number of ether oxygens (including phenoxy) is 1. The van der Waals surface area contributed by atoms with Crippen molar-refractivity contribution in [2.75, 3.05) is 6.54 Å². The molecule has 7 heteroatoms. The van der Waals surface area contributed by atoms with Crippen molar-refractivity contribution in [3.8, 4) is 5.75 Å². The molecule has 0 bridgehead atoms. The van der Waals surface area contributed by atoms with E-state index >= 15 is 0 Å². The molecule has 1 aromatic rings. The third-order valence-electron chi connectivity index (χ3n) is 2.69. The number of alkyl halides is 2. The summed E-state index contributed by atoms with van der Waals surface area (Å²) in [5.41, 5.74) is 1.04. The van der Waals surface area contributed by atoms with E-state index in [1.807, 2.05) is 6.92 Å². The van der Waals surface area contributed by atoms with Gasteiger partial charge in [-0.25, -0.2) is 0 Å². The Bertz CT molecular complexity index is 558. The van der Waals surface area contributed by atoms with Crippen LogP contribution in [0.4, 0.5) is 8.78 Å². The Hall–Kier alpha value is -2.02. The van der Waals surface area contributed by atoms with E-state index in [-0.39, 0.29) is 11.7 Å². The van der Waals surface area contributed by atoms with Crippen LogP contribution < -0.4 is 10.1 Å². The molecule has 1 aromatic carbocycles. The Morgan fingerprint density at radius 2 is 2.05 bits per heavy atom.